The van der Waals surface area contributed by atoms with E-state index in [0.717, 1.165) is 0 Å². The first-order valence-electron chi connectivity index (χ1n) is 6.68. The number of amides is 1. The van der Waals surface area contributed by atoms with Gasteiger partial charge in [-0.25, -0.2) is 0 Å². The van der Waals surface area contributed by atoms with Gasteiger partial charge in [-0.3, -0.25) is 14.9 Å². The molecule has 0 saturated heterocycles. The van der Waals surface area contributed by atoms with Crippen LogP contribution in [0.2, 0.25) is 0 Å². The van der Waals surface area contributed by atoms with Crippen molar-refractivity contribution in [2.24, 2.45) is 5.92 Å². The number of nitrogens with zero attached hydrogens (tertiary/aromatic N) is 1. The highest BCUT2D eigenvalue weighted by Crippen LogP contribution is 2.23. The van der Waals surface area contributed by atoms with Crippen molar-refractivity contribution in [1.82, 2.24) is 10.6 Å². The number of hydrogen-bond donors (Lipinski definition) is 2. The highest BCUT2D eigenvalue weighted by atomic mass is 16.6. The van der Waals surface area contributed by atoms with Crippen LogP contribution in [0.15, 0.2) is 24.3 Å². The van der Waals surface area contributed by atoms with Crippen molar-refractivity contribution in [1.29, 1.82) is 0 Å². The fraction of sp³-hybridized carbons (Fsp3) is 0.500. The van der Waals surface area contributed by atoms with E-state index >= 15 is 0 Å². The molecule has 0 fully saturated rings. The van der Waals surface area contributed by atoms with Gasteiger partial charge in [0.1, 0.15) is 0 Å². The second-order valence-electron chi connectivity index (χ2n) is 4.94. The van der Waals surface area contributed by atoms with Crippen LogP contribution in [0.5, 0.6) is 0 Å². The first kappa shape index (κ1) is 16.1. The summed E-state index contributed by atoms with van der Waals surface area (Å²) in [6.07, 6.45) is 0. The molecule has 0 aliphatic heterocycles. The molecule has 1 rings (SSSR count). The Morgan fingerprint density at radius 3 is 2.50 bits per heavy atom. The van der Waals surface area contributed by atoms with E-state index in [1.807, 2.05) is 20.8 Å². The van der Waals surface area contributed by atoms with E-state index < -0.39 is 0 Å². The molecular formula is C14H21N3O3. The molecule has 0 radical (unpaired) electrons. The number of carbonyl (C=O) groups excluding carboxylic acids is 1. The average molecular weight is 279 g/mol. The molecule has 6 heteroatoms. The second-order valence-corrected chi connectivity index (χ2v) is 4.94. The largest absolute Gasteiger partial charge is 0.355 e. The third-order valence-electron chi connectivity index (χ3n) is 3.00. The smallest absolute Gasteiger partial charge is 0.274 e. The van der Waals surface area contributed by atoms with Gasteiger partial charge in [-0.2, -0.15) is 0 Å². The van der Waals surface area contributed by atoms with Crippen LogP contribution in [-0.2, 0) is 4.79 Å². The lowest BCUT2D eigenvalue weighted by molar-refractivity contribution is -0.385. The van der Waals surface area contributed by atoms with Gasteiger partial charge in [-0.15, -0.1) is 0 Å². The van der Waals surface area contributed by atoms with Crippen molar-refractivity contribution in [3.63, 3.8) is 0 Å². The molecule has 0 aliphatic rings. The summed E-state index contributed by atoms with van der Waals surface area (Å²) >= 11 is 0. The predicted molar refractivity (Wildman–Crippen MR) is 77.4 cm³/mol. The van der Waals surface area contributed by atoms with Crippen molar-refractivity contribution in [3.05, 3.63) is 39.9 Å². The maximum Gasteiger partial charge on any atom is 0.274 e. The number of nitrogens with one attached hydrogen (secondary N) is 2. The van der Waals surface area contributed by atoms with Gasteiger partial charge in [-0.1, -0.05) is 32.0 Å². The van der Waals surface area contributed by atoms with Crippen LogP contribution in [0.4, 0.5) is 5.69 Å². The molecule has 1 amide bonds. The number of para-hydroxylation sites is 1. The Bertz CT molecular complexity index is 474. The summed E-state index contributed by atoms with van der Waals surface area (Å²) in [5.41, 5.74) is 0.756. The predicted octanol–water partition coefficient (Wildman–Crippen LogP) is 2.02. The first-order chi connectivity index (χ1) is 9.43. The minimum atomic E-state index is -0.381. The molecule has 6 nitrogen and oxygen atoms in total. The SMILES string of the molecule is CC(C)C(=O)NCCNC(C)c1ccccc1[N+](=O)[O-]. The van der Waals surface area contributed by atoms with Crippen LogP contribution in [-0.4, -0.2) is 23.9 Å². The number of rotatable bonds is 7. The third-order valence-corrected chi connectivity index (χ3v) is 3.00. The molecule has 0 spiro atoms. The molecule has 0 aromatic heterocycles. The summed E-state index contributed by atoms with van der Waals surface area (Å²) in [7, 11) is 0. The van der Waals surface area contributed by atoms with Crippen LogP contribution in [0.3, 0.4) is 0 Å². The number of carbonyl (C=O) groups is 1. The van der Waals surface area contributed by atoms with E-state index in [0.29, 0.717) is 18.7 Å². The van der Waals surface area contributed by atoms with Crippen LogP contribution < -0.4 is 10.6 Å². The van der Waals surface area contributed by atoms with Gasteiger partial charge in [-0.05, 0) is 6.92 Å². The maximum absolute atomic E-state index is 11.4. The Morgan fingerprint density at radius 1 is 1.25 bits per heavy atom. The molecule has 1 unspecified atom stereocenters. The van der Waals surface area contributed by atoms with Gasteiger partial charge >= 0.3 is 0 Å². The zero-order valence-corrected chi connectivity index (χ0v) is 12.1. The van der Waals surface area contributed by atoms with E-state index in [-0.39, 0.29) is 28.5 Å². The fourth-order valence-corrected chi connectivity index (χ4v) is 1.81. The average Bonchev–Trinajstić information content (AvgIpc) is 2.42. The summed E-state index contributed by atoms with van der Waals surface area (Å²) in [6, 6.07) is 6.52. The normalized spacial score (nSPS) is 12.2. The topological polar surface area (TPSA) is 84.3 Å². The number of nitro groups is 1. The van der Waals surface area contributed by atoms with Gasteiger partial charge < -0.3 is 10.6 Å². The standard InChI is InChI=1S/C14H21N3O3/c1-10(2)14(18)16-9-8-15-11(3)12-6-4-5-7-13(12)17(19)20/h4-7,10-11,15H,8-9H2,1-3H3,(H,16,18). The Hall–Kier alpha value is -1.95. The Morgan fingerprint density at radius 2 is 1.90 bits per heavy atom. The molecule has 0 bridgehead atoms. The lowest BCUT2D eigenvalue weighted by Gasteiger charge is -2.15. The van der Waals surface area contributed by atoms with Crippen LogP contribution >= 0.6 is 0 Å². The number of benzene rings is 1. The zero-order chi connectivity index (χ0) is 15.1. The Balaban J connectivity index is 2.49. The van der Waals surface area contributed by atoms with Crippen molar-refractivity contribution >= 4 is 11.6 Å². The highest BCUT2D eigenvalue weighted by Gasteiger charge is 2.17. The van der Waals surface area contributed by atoms with Crippen molar-refractivity contribution < 1.29 is 9.72 Å². The van der Waals surface area contributed by atoms with Gasteiger partial charge in [0.05, 0.1) is 4.92 Å². The lowest BCUT2D eigenvalue weighted by Crippen LogP contribution is -2.35. The molecule has 0 saturated carbocycles. The van der Waals surface area contributed by atoms with E-state index in [1.165, 1.54) is 6.07 Å². The molecule has 1 aromatic carbocycles. The minimum absolute atomic E-state index is 0.00476. The maximum atomic E-state index is 11.4. The zero-order valence-electron chi connectivity index (χ0n) is 12.1. The van der Waals surface area contributed by atoms with Crippen LogP contribution in [0.1, 0.15) is 32.4 Å². The molecule has 1 atom stereocenters. The Kier molecular flexibility index (Phi) is 6.11. The highest BCUT2D eigenvalue weighted by molar-refractivity contribution is 5.77. The van der Waals surface area contributed by atoms with Crippen molar-refractivity contribution in [2.75, 3.05) is 13.1 Å². The molecule has 110 valence electrons. The fourth-order valence-electron chi connectivity index (χ4n) is 1.81. The summed E-state index contributed by atoms with van der Waals surface area (Å²) in [4.78, 5) is 21.9. The summed E-state index contributed by atoms with van der Waals surface area (Å²) in [6.45, 7) is 6.59. The minimum Gasteiger partial charge on any atom is -0.355 e. The van der Waals surface area contributed by atoms with Crippen molar-refractivity contribution in [2.45, 2.75) is 26.8 Å². The number of hydrogen-bond acceptors (Lipinski definition) is 4. The van der Waals surface area contributed by atoms with Gasteiger partial charge in [0.15, 0.2) is 0 Å². The first-order valence-corrected chi connectivity index (χ1v) is 6.68. The summed E-state index contributed by atoms with van der Waals surface area (Å²) in [5.74, 6) is -0.0345. The van der Waals surface area contributed by atoms with Crippen LogP contribution in [0.25, 0.3) is 0 Å². The van der Waals surface area contributed by atoms with E-state index in [4.69, 9.17) is 0 Å². The third kappa shape index (κ3) is 4.62. The monoisotopic (exact) mass is 279 g/mol. The Labute approximate surface area is 118 Å². The molecule has 20 heavy (non-hydrogen) atoms. The number of nitro benzene ring substituents is 1. The van der Waals surface area contributed by atoms with E-state index in [1.54, 1.807) is 18.2 Å². The second kappa shape index (κ2) is 7.59. The van der Waals surface area contributed by atoms with Gasteiger partial charge in [0.2, 0.25) is 5.91 Å². The summed E-state index contributed by atoms with van der Waals surface area (Å²) < 4.78 is 0. The van der Waals surface area contributed by atoms with Crippen molar-refractivity contribution in [3.8, 4) is 0 Å². The van der Waals surface area contributed by atoms with E-state index in [2.05, 4.69) is 10.6 Å². The van der Waals surface area contributed by atoms with E-state index in [9.17, 15) is 14.9 Å². The van der Waals surface area contributed by atoms with Crippen LogP contribution in [0, 0.1) is 16.0 Å². The molecule has 0 heterocycles. The van der Waals surface area contributed by atoms with Gasteiger partial charge in [0.25, 0.3) is 5.69 Å². The summed E-state index contributed by atoms with van der Waals surface area (Å²) in [5, 5.41) is 16.9. The molecule has 1 aromatic rings. The quantitative estimate of drug-likeness (QED) is 0.454. The molecule has 2 N–H and O–H groups in total. The van der Waals surface area contributed by atoms with Gasteiger partial charge in [0, 0.05) is 36.7 Å². The molecule has 0 aliphatic carbocycles. The lowest BCUT2D eigenvalue weighted by atomic mass is 10.1. The molecular weight excluding hydrogens is 258 g/mol.